The van der Waals surface area contributed by atoms with E-state index < -0.39 is 0 Å². The van der Waals surface area contributed by atoms with Crippen LogP contribution in [-0.2, 0) is 6.42 Å². The Morgan fingerprint density at radius 2 is 1.67 bits per heavy atom. The summed E-state index contributed by atoms with van der Waals surface area (Å²) in [7, 11) is 0. The maximum atomic E-state index is 3.87. The summed E-state index contributed by atoms with van der Waals surface area (Å²) in [4.78, 5) is 0. The fourth-order valence-electron chi connectivity index (χ4n) is 1.90. The summed E-state index contributed by atoms with van der Waals surface area (Å²) in [5.41, 5.74) is 1.45. The van der Waals surface area contributed by atoms with E-state index in [-0.39, 0.29) is 0 Å². The van der Waals surface area contributed by atoms with Crippen molar-refractivity contribution in [2.45, 2.75) is 25.7 Å². The Hall–Kier alpha value is -1.30. The van der Waals surface area contributed by atoms with Gasteiger partial charge in [-0.05, 0) is 29.2 Å². The van der Waals surface area contributed by atoms with E-state index in [9.17, 15) is 0 Å². The van der Waals surface area contributed by atoms with E-state index >= 15 is 0 Å². The topological polar surface area (TPSA) is 0 Å². The molecule has 0 saturated carbocycles. The molecule has 0 aromatic heterocycles. The Balaban J connectivity index is 2.16. The van der Waals surface area contributed by atoms with Gasteiger partial charge in [0, 0.05) is 0 Å². The first-order chi connectivity index (χ1) is 7.40. The van der Waals surface area contributed by atoms with Crippen molar-refractivity contribution < 1.29 is 0 Å². The lowest BCUT2D eigenvalue weighted by Crippen LogP contribution is -1.85. The Morgan fingerprint density at radius 1 is 0.867 bits per heavy atom. The largest absolute Gasteiger partial charge is 0.0616 e. The van der Waals surface area contributed by atoms with Crippen molar-refractivity contribution in [2.24, 2.45) is 0 Å². The average molecular weight is 197 g/mol. The van der Waals surface area contributed by atoms with Gasteiger partial charge in [0.1, 0.15) is 0 Å². The fourth-order valence-corrected chi connectivity index (χ4v) is 1.90. The zero-order valence-electron chi connectivity index (χ0n) is 9.08. The van der Waals surface area contributed by atoms with Gasteiger partial charge in [-0.1, -0.05) is 62.2 Å². The minimum absolute atomic E-state index is 1.05. The summed E-state index contributed by atoms with van der Waals surface area (Å²) < 4.78 is 0. The maximum Gasteiger partial charge on any atom is -0.0181 e. The molecule has 0 aliphatic heterocycles. The van der Waals surface area contributed by atoms with Crippen molar-refractivity contribution in [2.75, 3.05) is 0 Å². The van der Waals surface area contributed by atoms with Crippen molar-refractivity contribution >= 4 is 10.8 Å². The molecule has 0 heteroatoms. The van der Waals surface area contributed by atoms with Gasteiger partial charge >= 0.3 is 0 Å². The van der Waals surface area contributed by atoms with Crippen LogP contribution in [0.4, 0.5) is 0 Å². The Bertz CT molecular complexity index is 429. The molecule has 15 heavy (non-hydrogen) atoms. The van der Waals surface area contributed by atoms with Crippen LogP contribution >= 0.6 is 0 Å². The number of aryl methyl sites for hydroxylation is 1. The maximum absolute atomic E-state index is 3.87. The van der Waals surface area contributed by atoms with E-state index in [1.165, 1.54) is 35.6 Å². The number of hydrogen-bond acceptors (Lipinski definition) is 0. The Morgan fingerprint density at radius 3 is 2.47 bits per heavy atom. The first-order valence-electron chi connectivity index (χ1n) is 5.67. The second kappa shape index (κ2) is 4.97. The number of unbranched alkanes of at least 4 members (excludes halogenated alkanes) is 2. The summed E-state index contributed by atoms with van der Waals surface area (Å²) >= 11 is 0. The van der Waals surface area contributed by atoms with Gasteiger partial charge in [-0.3, -0.25) is 0 Å². The van der Waals surface area contributed by atoms with Crippen LogP contribution in [0.25, 0.3) is 10.8 Å². The summed E-state index contributed by atoms with van der Waals surface area (Å²) in [6.07, 6.45) is 4.71. The first-order valence-corrected chi connectivity index (χ1v) is 5.67. The molecule has 2 aromatic carbocycles. The van der Waals surface area contributed by atoms with Crippen molar-refractivity contribution in [1.82, 2.24) is 0 Å². The summed E-state index contributed by atoms with van der Waals surface area (Å²) in [5.74, 6) is 0. The molecule has 0 fully saturated rings. The van der Waals surface area contributed by atoms with Crippen molar-refractivity contribution in [1.29, 1.82) is 0 Å². The molecule has 0 aliphatic rings. The lowest BCUT2D eigenvalue weighted by molar-refractivity contribution is 0.746. The quantitative estimate of drug-likeness (QED) is 0.638. The zero-order chi connectivity index (χ0) is 10.5. The predicted octanol–water partition coefficient (Wildman–Crippen LogP) is 4.39. The van der Waals surface area contributed by atoms with Gasteiger partial charge in [-0.25, -0.2) is 0 Å². The van der Waals surface area contributed by atoms with Crippen LogP contribution in [-0.4, -0.2) is 0 Å². The lowest BCUT2D eigenvalue weighted by atomic mass is 10.0. The minimum Gasteiger partial charge on any atom is -0.0616 e. The molecule has 0 atom stereocenters. The third-order valence-electron chi connectivity index (χ3n) is 2.78. The minimum atomic E-state index is 1.05. The molecular formula is C15H17. The van der Waals surface area contributed by atoms with Crippen molar-refractivity contribution in [3.63, 3.8) is 0 Å². The third kappa shape index (κ3) is 2.59. The molecule has 0 amide bonds. The van der Waals surface area contributed by atoms with Crippen molar-refractivity contribution in [3.05, 3.63) is 55.0 Å². The number of benzene rings is 2. The van der Waals surface area contributed by atoms with Crippen LogP contribution in [0, 0.1) is 6.92 Å². The molecule has 77 valence electrons. The highest BCUT2D eigenvalue weighted by Crippen LogP contribution is 2.17. The second-order valence-electron chi connectivity index (χ2n) is 3.99. The molecule has 0 nitrogen and oxygen atoms in total. The Kier molecular flexibility index (Phi) is 3.39. The lowest BCUT2D eigenvalue weighted by Gasteiger charge is -2.03. The number of rotatable bonds is 4. The first kappa shape index (κ1) is 10.2. The zero-order valence-corrected chi connectivity index (χ0v) is 9.08. The molecule has 0 bridgehead atoms. The van der Waals surface area contributed by atoms with Crippen LogP contribution in [0.3, 0.4) is 0 Å². The molecule has 0 spiro atoms. The second-order valence-corrected chi connectivity index (χ2v) is 3.99. The Labute approximate surface area is 91.9 Å². The summed E-state index contributed by atoms with van der Waals surface area (Å²) in [6.45, 7) is 3.87. The smallest absolute Gasteiger partial charge is 0.0181 e. The molecule has 0 saturated heterocycles. The molecule has 0 heterocycles. The average Bonchev–Trinajstić information content (AvgIpc) is 2.29. The highest BCUT2D eigenvalue weighted by molar-refractivity contribution is 5.82. The molecule has 1 radical (unpaired) electrons. The van der Waals surface area contributed by atoms with E-state index in [4.69, 9.17) is 0 Å². The van der Waals surface area contributed by atoms with Gasteiger partial charge in [0.15, 0.2) is 0 Å². The van der Waals surface area contributed by atoms with Gasteiger partial charge in [0.05, 0.1) is 0 Å². The molecule has 2 aromatic rings. The molecular weight excluding hydrogens is 180 g/mol. The van der Waals surface area contributed by atoms with Crippen LogP contribution in [0.2, 0.25) is 0 Å². The molecule has 0 aliphatic carbocycles. The van der Waals surface area contributed by atoms with E-state index in [1.54, 1.807) is 0 Å². The molecule has 2 rings (SSSR count). The van der Waals surface area contributed by atoms with E-state index in [2.05, 4.69) is 49.4 Å². The summed E-state index contributed by atoms with van der Waals surface area (Å²) in [5, 5.41) is 2.68. The van der Waals surface area contributed by atoms with Crippen LogP contribution < -0.4 is 0 Å². The highest BCUT2D eigenvalue weighted by atomic mass is 14.0. The van der Waals surface area contributed by atoms with E-state index in [0.29, 0.717) is 0 Å². The molecule has 0 N–H and O–H groups in total. The van der Waals surface area contributed by atoms with Gasteiger partial charge in [-0.2, -0.15) is 0 Å². The standard InChI is InChI=1S/C15H17/c1-2-3-4-7-13-10-11-14-8-5-6-9-15(14)12-13/h5-6,8-12H,1-4,7H2. The van der Waals surface area contributed by atoms with Crippen molar-refractivity contribution in [3.8, 4) is 0 Å². The van der Waals surface area contributed by atoms with Gasteiger partial charge in [0.25, 0.3) is 0 Å². The summed E-state index contributed by atoms with van der Waals surface area (Å²) in [6, 6.07) is 15.3. The predicted molar refractivity (Wildman–Crippen MR) is 66.9 cm³/mol. The normalized spacial score (nSPS) is 10.7. The van der Waals surface area contributed by atoms with Gasteiger partial charge in [0.2, 0.25) is 0 Å². The number of fused-ring (bicyclic) bond motifs is 1. The molecule has 0 unspecified atom stereocenters. The van der Waals surface area contributed by atoms with Crippen LogP contribution in [0.15, 0.2) is 42.5 Å². The van der Waals surface area contributed by atoms with E-state index in [1.807, 2.05) is 0 Å². The van der Waals surface area contributed by atoms with E-state index in [0.717, 1.165) is 6.42 Å². The van der Waals surface area contributed by atoms with Gasteiger partial charge < -0.3 is 0 Å². The fraction of sp³-hybridized carbons (Fsp3) is 0.267. The monoisotopic (exact) mass is 197 g/mol. The highest BCUT2D eigenvalue weighted by Gasteiger charge is 1.95. The van der Waals surface area contributed by atoms with Crippen LogP contribution in [0.1, 0.15) is 24.8 Å². The number of hydrogen-bond donors (Lipinski definition) is 0. The van der Waals surface area contributed by atoms with Crippen LogP contribution in [0.5, 0.6) is 0 Å². The SMILES string of the molecule is [CH2]CCCCc1ccc2ccccc2c1. The van der Waals surface area contributed by atoms with Gasteiger partial charge in [-0.15, -0.1) is 0 Å². The third-order valence-corrected chi connectivity index (χ3v) is 2.78.